The summed E-state index contributed by atoms with van der Waals surface area (Å²) < 4.78 is 11.9. The Morgan fingerprint density at radius 1 is 1.24 bits per heavy atom. The second-order valence-corrected chi connectivity index (χ2v) is 5.47. The summed E-state index contributed by atoms with van der Waals surface area (Å²) in [5, 5.41) is 13.5. The molecule has 1 fully saturated rings. The number of aliphatic hydroxyl groups is 1. The van der Waals surface area contributed by atoms with Gasteiger partial charge in [0.15, 0.2) is 11.5 Å². The molecule has 0 saturated heterocycles. The number of ether oxygens (including phenoxy) is 2. The molecule has 4 nitrogen and oxygen atoms in total. The van der Waals surface area contributed by atoms with Gasteiger partial charge in [-0.05, 0) is 38.8 Å². The zero-order chi connectivity index (χ0) is 15.1. The van der Waals surface area contributed by atoms with Gasteiger partial charge in [0.25, 0.3) is 0 Å². The third-order valence-corrected chi connectivity index (χ3v) is 3.86. The van der Waals surface area contributed by atoms with Crippen molar-refractivity contribution in [1.29, 1.82) is 0 Å². The van der Waals surface area contributed by atoms with Crippen LogP contribution in [0.3, 0.4) is 0 Å². The van der Waals surface area contributed by atoms with Crippen molar-refractivity contribution in [3.8, 4) is 11.5 Å². The van der Waals surface area contributed by atoms with Crippen LogP contribution >= 0.6 is 0 Å². The zero-order valence-corrected chi connectivity index (χ0v) is 13.1. The third kappa shape index (κ3) is 4.35. The third-order valence-electron chi connectivity index (χ3n) is 3.86. The topological polar surface area (TPSA) is 50.7 Å². The van der Waals surface area contributed by atoms with Gasteiger partial charge in [-0.1, -0.05) is 25.5 Å². The van der Waals surface area contributed by atoms with Crippen LogP contribution in [0.25, 0.3) is 0 Å². The van der Waals surface area contributed by atoms with Gasteiger partial charge in [0.1, 0.15) is 6.10 Å². The Morgan fingerprint density at radius 2 is 2.05 bits per heavy atom. The Balaban J connectivity index is 2.20. The van der Waals surface area contributed by atoms with Crippen LogP contribution in [0.1, 0.15) is 45.1 Å². The molecule has 1 aliphatic carbocycles. The molecule has 1 aromatic rings. The molecule has 1 aliphatic rings. The van der Waals surface area contributed by atoms with E-state index < -0.39 is 0 Å². The highest BCUT2D eigenvalue weighted by Gasteiger charge is 2.26. The summed E-state index contributed by atoms with van der Waals surface area (Å²) in [6.07, 6.45) is 3.42. The Labute approximate surface area is 127 Å². The summed E-state index contributed by atoms with van der Waals surface area (Å²) in [5.41, 5.74) is 1.08. The maximum atomic E-state index is 10.1. The van der Waals surface area contributed by atoms with E-state index in [4.69, 9.17) is 9.47 Å². The number of benzene rings is 1. The van der Waals surface area contributed by atoms with E-state index in [0.29, 0.717) is 6.61 Å². The number of rotatable bonds is 7. The SMILES string of the molecule is CCNCc1cccc(OCC)c1OC1CCCCC1O. The lowest BCUT2D eigenvalue weighted by Gasteiger charge is -2.29. The fourth-order valence-electron chi connectivity index (χ4n) is 2.73. The van der Waals surface area contributed by atoms with Crippen molar-refractivity contribution in [3.05, 3.63) is 23.8 Å². The van der Waals surface area contributed by atoms with Gasteiger partial charge in [-0.25, -0.2) is 0 Å². The summed E-state index contributed by atoms with van der Waals surface area (Å²) in [6.45, 7) is 6.31. The minimum absolute atomic E-state index is 0.124. The van der Waals surface area contributed by atoms with Crippen LogP contribution < -0.4 is 14.8 Å². The molecule has 4 heteroatoms. The van der Waals surface area contributed by atoms with Crippen molar-refractivity contribution in [1.82, 2.24) is 5.32 Å². The zero-order valence-electron chi connectivity index (χ0n) is 13.1. The van der Waals surface area contributed by atoms with Crippen molar-refractivity contribution in [2.75, 3.05) is 13.2 Å². The lowest BCUT2D eigenvalue weighted by molar-refractivity contribution is 0.00491. The van der Waals surface area contributed by atoms with Gasteiger partial charge in [0.2, 0.25) is 0 Å². The number of hydrogen-bond donors (Lipinski definition) is 2. The number of hydrogen-bond acceptors (Lipinski definition) is 4. The van der Waals surface area contributed by atoms with E-state index >= 15 is 0 Å². The molecular formula is C17H27NO3. The normalized spacial score (nSPS) is 22.0. The Kier molecular flexibility index (Phi) is 6.33. The average molecular weight is 293 g/mol. The quantitative estimate of drug-likeness (QED) is 0.811. The Bertz CT molecular complexity index is 436. The molecule has 1 saturated carbocycles. The van der Waals surface area contributed by atoms with E-state index in [0.717, 1.165) is 55.8 Å². The summed E-state index contributed by atoms with van der Waals surface area (Å²) in [6, 6.07) is 5.97. The minimum atomic E-state index is -0.375. The van der Waals surface area contributed by atoms with Gasteiger partial charge >= 0.3 is 0 Å². The van der Waals surface area contributed by atoms with Crippen molar-refractivity contribution < 1.29 is 14.6 Å². The number of para-hydroxylation sites is 1. The van der Waals surface area contributed by atoms with Gasteiger partial charge in [-0.2, -0.15) is 0 Å². The fourth-order valence-corrected chi connectivity index (χ4v) is 2.73. The van der Waals surface area contributed by atoms with Crippen LogP contribution in [0.15, 0.2) is 18.2 Å². The van der Waals surface area contributed by atoms with E-state index in [-0.39, 0.29) is 12.2 Å². The molecule has 0 spiro atoms. The first-order valence-corrected chi connectivity index (χ1v) is 8.06. The molecule has 1 aromatic carbocycles. The first-order valence-electron chi connectivity index (χ1n) is 8.06. The highest BCUT2D eigenvalue weighted by molar-refractivity contribution is 5.47. The van der Waals surface area contributed by atoms with E-state index in [9.17, 15) is 5.11 Å². The first kappa shape index (κ1) is 16.1. The highest BCUT2D eigenvalue weighted by atomic mass is 16.5. The summed E-state index contributed by atoms with van der Waals surface area (Å²) in [5.74, 6) is 1.55. The molecule has 118 valence electrons. The highest BCUT2D eigenvalue weighted by Crippen LogP contribution is 2.34. The standard InChI is InChI=1S/C17H27NO3/c1-3-18-12-13-8-7-11-16(20-4-2)17(13)21-15-10-6-5-9-14(15)19/h7-8,11,14-15,18-19H,3-6,9-10,12H2,1-2H3. The van der Waals surface area contributed by atoms with Gasteiger partial charge in [0.05, 0.1) is 12.7 Å². The monoisotopic (exact) mass is 293 g/mol. The molecule has 0 aromatic heterocycles. The minimum Gasteiger partial charge on any atom is -0.490 e. The van der Waals surface area contributed by atoms with Crippen LogP contribution in [-0.4, -0.2) is 30.5 Å². The van der Waals surface area contributed by atoms with Crippen molar-refractivity contribution in [3.63, 3.8) is 0 Å². The molecule has 0 amide bonds. The maximum absolute atomic E-state index is 10.1. The Hall–Kier alpha value is -1.26. The van der Waals surface area contributed by atoms with Gasteiger partial charge in [-0.3, -0.25) is 0 Å². The van der Waals surface area contributed by atoms with Crippen LogP contribution in [-0.2, 0) is 6.54 Å². The molecule has 2 atom stereocenters. The summed E-state index contributed by atoms with van der Waals surface area (Å²) >= 11 is 0. The summed E-state index contributed by atoms with van der Waals surface area (Å²) in [4.78, 5) is 0. The molecule has 21 heavy (non-hydrogen) atoms. The second-order valence-electron chi connectivity index (χ2n) is 5.47. The second kappa shape index (κ2) is 8.25. The summed E-state index contributed by atoms with van der Waals surface area (Å²) in [7, 11) is 0. The first-order chi connectivity index (χ1) is 10.3. The molecule has 0 bridgehead atoms. The Morgan fingerprint density at radius 3 is 2.76 bits per heavy atom. The van der Waals surface area contributed by atoms with Crippen molar-refractivity contribution in [2.24, 2.45) is 0 Å². The van der Waals surface area contributed by atoms with Gasteiger partial charge < -0.3 is 19.9 Å². The number of aliphatic hydroxyl groups excluding tert-OH is 1. The molecule has 2 N–H and O–H groups in total. The van der Waals surface area contributed by atoms with E-state index in [1.54, 1.807) is 0 Å². The van der Waals surface area contributed by atoms with Crippen LogP contribution in [0.4, 0.5) is 0 Å². The van der Waals surface area contributed by atoms with Gasteiger partial charge in [0, 0.05) is 12.1 Å². The van der Waals surface area contributed by atoms with Crippen molar-refractivity contribution in [2.45, 2.75) is 58.3 Å². The molecule has 0 aliphatic heterocycles. The number of nitrogens with one attached hydrogen (secondary N) is 1. The lowest BCUT2D eigenvalue weighted by Crippen LogP contribution is -2.35. The maximum Gasteiger partial charge on any atom is 0.166 e. The lowest BCUT2D eigenvalue weighted by atomic mass is 9.94. The molecular weight excluding hydrogens is 266 g/mol. The van der Waals surface area contributed by atoms with Gasteiger partial charge in [-0.15, -0.1) is 0 Å². The van der Waals surface area contributed by atoms with E-state index in [1.165, 1.54) is 0 Å². The smallest absolute Gasteiger partial charge is 0.166 e. The molecule has 0 radical (unpaired) electrons. The largest absolute Gasteiger partial charge is 0.490 e. The van der Waals surface area contributed by atoms with E-state index in [1.807, 2.05) is 19.1 Å². The molecule has 0 heterocycles. The predicted octanol–water partition coefficient (Wildman–Crippen LogP) is 2.88. The predicted molar refractivity (Wildman–Crippen MR) is 83.9 cm³/mol. The average Bonchev–Trinajstić information content (AvgIpc) is 2.50. The van der Waals surface area contributed by atoms with Crippen LogP contribution in [0.5, 0.6) is 11.5 Å². The van der Waals surface area contributed by atoms with Crippen LogP contribution in [0, 0.1) is 0 Å². The molecule has 2 rings (SSSR count). The van der Waals surface area contributed by atoms with Crippen LogP contribution in [0.2, 0.25) is 0 Å². The molecule has 2 unspecified atom stereocenters. The van der Waals surface area contributed by atoms with Crippen molar-refractivity contribution >= 4 is 0 Å². The fraction of sp³-hybridized carbons (Fsp3) is 0.647. The van der Waals surface area contributed by atoms with E-state index in [2.05, 4.69) is 18.3 Å².